The summed E-state index contributed by atoms with van der Waals surface area (Å²) in [5.41, 5.74) is 12.8. The molecule has 4 N–H and O–H groups in total. The lowest BCUT2D eigenvalue weighted by molar-refractivity contribution is -0.121. The number of anilines is 2. The standard InChI is InChI=1S/C11H16N4O/c1-7-5-14-10(4-9(7)12)15-3-2-8(6-15)11(13)16/h4-5,8H,2-3,6H2,1H3,(H2,12,14)(H2,13,16). The Hall–Kier alpha value is -1.78. The number of rotatable bonds is 2. The Morgan fingerprint density at radius 2 is 2.38 bits per heavy atom. The molecule has 5 heteroatoms. The highest BCUT2D eigenvalue weighted by Gasteiger charge is 2.27. The fourth-order valence-electron chi connectivity index (χ4n) is 1.90. The van der Waals surface area contributed by atoms with Crippen molar-refractivity contribution >= 4 is 17.4 Å². The maximum atomic E-state index is 11.0. The van der Waals surface area contributed by atoms with E-state index in [9.17, 15) is 4.79 Å². The number of amides is 1. The normalized spacial score (nSPS) is 20.1. The monoisotopic (exact) mass is 220 g/mol. The largest absolute Gasteiger partial charge is 0.398 e. The topological polar surface area (TPSA) is 85.2 Å². The fourth-order valence-corrected chi connectivity index (χ4v) is 1.90. The van der Waals surface area contributed by atoms with E-state index in [2.05, 4.69) is 4.98 Å². The molecule has 1 amide bonds. The first-order valence-electron chi connectivity index (χ1n) is 5.34. The summed E-state index contributed by atoms with van der Waals surface area (Å²) in [7, 11) is 0. The molecule has 5 nitrogen and oxygen atoms in total. The lowest BCUT2D eigenvalue weighted by atomic mass is 10.1. The highest BCUT2D eigenvalue weighted by atomic mass is 16.1. The highest BCUT2D eigenvalue weighted by molar-refractivity contribution is 5.78. The molecule has 1 fully saturated rings. The minimum atomic E-state index is -0.234. The number of aromatic nitrogens is 1. The second-order valence-corrected chi connectivity index (χ2v) is 4.23. The zero-order chi connectivity index (χ0) is 11.7. The zero-order valence-corrected chi connectivity index (χ0v) is 9.31. The Bertz CT molecular complexity index is 418. The third kappa shape index (κ3) is 1.93. The van der Waals surface area contributed by atoms with Gasteiger partial charge in [-0.3, -0.25) is 4.79 Å². The molecule has 1 aromatic rings. The Labute approximate surface area is 94.4 Å². The van der Waals surface area contributed by atoms with Crippen LogP contribution in [0.4, 0.5) is 11.5 Å². The molecule has 1 atom stereocenters. The van der Waals surface area contributed by atoms with Crippen LogP contribution in [0.25, 0.3) is 0 Å². The summed E-state index contributed by atoms with van der Waals surface area (Å²) < 4.78 is 0. The molecule has 1 aliphatic heterocycles. The van der Waals surface area contributed by atoms with Crippen LogP contribution < -0.4 is 16.4 Å². The molecule has 0 bridgehead atoms. The van der Waals surface area contributed by atoms with Crippen molar-refractivity contribution < 1.29 is 4.79 Å². The predicted octanol–water partition coefficient (Wildman–Crippen LogP) is 0.284. The van der Waals surface area contributed by atoms with Crippen LogP contribution in [0.15, 0.2) is 12.3 Å². The van der Waals surface area contributed by atoms with Gasteiger partial charge in [-0.15, -0.1) is 0 Å². The van der Waals surface area contributed by atoms with Gasteiger partial charge in [0.25, 0.3) is 0 Å². The molecule has 0 aromatic carbocycles. The van der Waals surface area contributed by atoms with Gasteiger partial charge in [-0.1, -0.05) is 0 Å². The van der Waals surface area contributed by atoms with Crippen molar-refractivity contribution in [3.8, 4) is 0 Å². The van der Waals surface area contributed by atoms with E-state index in [1.54, 1.807) is 6.20 Å². The van der Waals surface area contributed by atoms with Crippen LogP contribution in [0.3, 0.4) is 0 Å². The molecular formula is C11H16N4O. The second-order valence-electron chi connectivity index (χ2n) is 4.23. The molecular weight excluding hydrogens is 204 g/mol. The number of nitrogen functional groups attached to an aromatic ring is 1. The maximum Gasteiger partial charge on any atom is 0.222 e. The number of hydrogen-bond acceptors (Lipinski definition) is 4. The van der Waals surface area contributed by atoms with Gasteiger partial charge in [0.1, 0.15) is 5.82 Å². The number of hydrogen-bond donors (Lipinski definition) is 2. The van der Waals surface area contributed by atoms with Gasteiger partial charge in [0, 0.05) is 31.0 Å². The molecule has 16 heavy (non-hydrogen) atoms. The van der Waals surface area contributed by atoms with Crippen LogP contribution >= 0.6 is 0 Å². The van der Waals surface area contributed by atoms with Gasteiger partial charge < -0.3 is 16.4 Å². The smallest absolute Gasteiger partial charge is 0.222 e. The Morgan fingerprint density at radius 3 is 2.94 bits per heavy atom. The third-order valence-corrected chi connectivity index (χ3v) is 3.05. The molecule has 0 saturated carbocycles. The van der Waals surface area contributed by atoms with Crippen molar-refractivity contribution in [2.45, 2.75) is 13.3 Å². The van der Waals surface area contributed by atoms with Crippen molar-refractivity contribution in [3.05, 3.63) is 17.8 Å². The van der Waals surface area contributed by atoms with Crippen molar-refractivity contribution in [2.24, 2.45) is 11.7 Å². The first-order chi connectivity index (χ1) is 7.58. The summed E-state index contributed by atoms with van der Waals surface area (Å²) in [6.45, 7) is 3.37. The van der Waals surface area contributed by atoms with Gasteiger partial charge in [0.15, 0.2) is 0 Å². The average molecular weight is 220 g/mol. The SMILES string of the molecule is Cc1cnc(N2CCC(C(N)=O)C2)cc1N. The summed E-state index contributed by atoms with van der Waals surface area (Å²) in [5.74, 6) is 0.527. The summed E-state index contributed by atoms with van der Waals surface area (Å²) in [6, 6.07) is 1.85. The first kappa shape index (κ1) is 10.7. The van der Waals surface area contributed by atoms with Crippen LogP contribution in [-0.4, -0.2) is 24.0 Å². The molecule has 0 radical (unpaired) electrons. The van der Waals surface area contributed by atoms with Gasteiger partial charge in [-0.05, 0) is 18.9 Å². The van der Waals surface area contributed by atoms with E-state index >= 15 is 0 Å². The van der Waals surface area contributed by atoms with Crippen molar-refractivity contribution in [1.29, 1.82) is 0 Å². The van der Waals surface area contributed by atoms with Gasteiger partial charge in [-0.2, -0.15) is 0 Å². The molecule has 2 rings (SSSR count). The number of primary amides is 1. The van der Waals surface area contributed by atoms with Gasteiger partial charge in [0.05, 0.1) is 5.92 Å². The van der Waals surface area contributed by atoms with Crippen molar-refractivity contribution in [1.82, 2.24) is 4.98 Å². The highest BCUT2D eigenvalue weighted by Crippen LogP contribution is 2.24. The predicted molar refractivity (Wildman–Crippen MR) is 62.9 cm³/mol. The van der Waals surface area contributed by atoms with Crippen molar-refractivity contribution in [2.75, 3.05) is 23.7 Å². The molecule has 1 aromatic heterocycles. The van der Waals surface area contributed by atoms with Gasteiger partial charge in [-0.25, -0.2) is 4.98 Å². The fraction of sp³-hybridized carbons (Fsp3) is 0.455. The van der Waals surface area contributed by atoms with Gasteiger partial charge in [0.2, 0.25) is 5.91 Å². The molecule has 0 aliphatic carbocycles. The number of pyridine rings is 1. The van der Waals surface area contributed by atoms with Crippen LogP contribution in [0.1, 0.15) is 12.0 Å². The first-order valence-corrected chi connectivity index (χ1v) is 5.34. The number of carbonyl (C=O) groups excluding carboxylic acids is 1. The molecule has 2 heterocycles. The quantitative estimate of drug-likeness (QED) is 0.749. The van der Waals surface area contributed by atoms with E-state index in [-0.39, 0.29) is 11.8 Å². The van der Waals surface area contributed by atoms with Crippen LogP contribution in [-0.2, 0) is 4.79 Å². The maximum absolute atomic E-state index is 11.0. The molecule has 0 spiro atoms. The second kappa shape index (κ2) is 4.00. The lowest BCUT2D eigenvalue weighted by Crippen LogP contribution is -2.27. The Kier molecular flexibility index (Phi) is 2.68. The minimum absolute atomic E-state index is 0.0654. The van der Waals surface area contributed by atoms with Crippen LogP contribution in [0.5, 0.6) is 0 Å². The number of aryl methyl sites for hydroxylation is 1. The van der Waals surface area contributed by atoms with E-state index < -0.39 is 0 Å². The molecule has 86 valence electrons. The molecule has 1 aliphatic rings. The van der Waals surface area contributed by atoms with E-state index in [1.807, 2.05) is 17.9 Å². The van der Waals surface area contributed by atoms with E-state index in [1.165, 1.54) is 0 Å². The van der Waals surface area contributed by atoms with Gasteiger partial charge >= 0.3 is 0 Å². The van der Waals surface area contributed by atoms with E-state index in [4.69, 9.17) is 11.5 Å². The average Bonchev–Trinajstić information content (AvgIpc) is 2.71. The summed E-state index contributed by atoms with van der Waals surface area (Å²) in [4.78, 5) is 17.4. The lowest BCUT2D eigenvalue weighted by Gasteiger charge is -2.17. The summed E-state index contributed by atoms with van der Waals surface area (Å²) in [6.07, 6.45) is 2.55. The molecule has 1 unspecified atom stereocenters. The zero-order valence-electron chi connectivity index (χ0n) is 9.31. The van der Waals surface area contributed by atoms with Crippen LogP contribution in [0, 0.1) is 12.8 Å². The number of nitrogens with two attached hydrogens (primary N) is 2. The number of nitrogens with zero attached hydrogens (tertiary/aromatic N) is 2. The van der Waals surface area contributed by atoms with Crippen molar-refractivity contribution in [3.63, 3.8) is 0 Å². The van der Waals surface area contributed by atoms with Crippen LogP contribution in [0.2, 0.25) is 0 Å². The van der Waals surface area contributed by atoms with E-state index in [0.717, 1.165) is 30.0 Å². The minimum Gasteiger partial charge on any atom is -0.398 e. The Balaban J connectivity index is 2.14. The summed E-state index contributed by atoms with van der Waals surface area (Å²) >= 11 is 0. The van der Waals surface area contributed by atoms with E-state index in [0.29, 0.717) is 6.54 Å². The summed E-state index contributed by atoms with van der Waals surface area (Å²) in [5, 5.41) is 0. The molecule has 1 saturated heterocycles. The number of carbonyl (C=O) groups is 1. The Morgan fingerprint density at radius 1 is 1.62 bits per heavy atom. The third-order valence-electron chi connectivity index (χ3n) is 3.05.